The fraction of sp³-hybridized carbons (Fsp3) is 0. The average Bonchev–Trinajstić information content (AvgIpc) is 2.08. The average molecular weight is 197 g/mol. The zero-order valence-electron chi connectivity index (χ0n) is 6.41. The highest BCUT2D eigenvalue weighted by atomic mass is 35.5. The first-order chi connectivity index (χ1) is 6.16. The SMILES string of the molecule is Nc1cc2nnc(Cl)cc2[nH]c1=O. The molecule has 0 atom stereocenters. The molecule has 66 valence electrons. The monoisotopic (exact) mass is 196 g/mol. The lowest BCUT2D eigenvalue weighted by molar-refractivity contribution is 1.07. The molecule has 0 spiro atoms. The van der Waals surface area contributed by atoms with Gasteiger partial charge in [0.2, 0.25) is 0 Å². The molecule has 5 nitrogen and oxygen atoms in total. The third-order valence-electron chi connectivity index (χ3n) is 1.60. The maximum absolute atomic E-state index is 11.1. The van der Waals surface area contributed by atoms with Crippen molar-refractivity contribution in [1.82, 2.24) is 15.2 Å². The van der Waals surface area contributed by atoms with Crippen LogP contribution < -0.4 is 11.3 Å². The molecule has 0 bridgehead atoms. The van der Waals surface area contributed by atoms with Crippen LogP contribution in [0, 0.1) is 0 Å². The Labute approximate surface area is 77.5 Å². The topological polar surface area (TPSA) is 84.7 Å². The molecule has 0 aliphatic carbocycles. The Morgan fingerprint density at radius 2 is 2.15 bits per heavy atom. The molecule has 2 aromatic rings. The molecule has 13 heavy (non-hydrogen) atoms. The van der Waals surface area contributed by atoms with E-state index in [-0.39, 0.29) is 16.4 Å². The predicted octanol–water partition coefficient (Wildman–Crippen LogP) is 0.554. The number of rotatable bonds is 0. The summed E-state index contributed by atoms with van der Waals surface area (Å²) in [4.78, 5) is 13.6. The Bertz CT molecular complexity index is 521. The molecule has 0 saturated carbocycles. The first-order valence-corrected chi connectivity index (χ1v) is 3.86. The van der Waals surface area contributed by atoms with Gasteiger partial charge in [-0.05, 0) is 6.07 Å². The van der Waals surface area contributed by atoms with Crippen LogP contribution in [0.15, 0.2) is 16.9 Å². The smallest absolute Gasteiger partial charge is 0.271 e. The third-order valence-corrected chi connectivity index (χ3v) is 1.78. The number of fused-ring (bicyclic) bond motifs is 1. The number of aromatic amines is 1. The van der Waals surface area contributed by atoms with Crippen LogP contribution >= 0.6 is 11.6 Å². The number of nitrogens with two attached hydrogens (primary N) is 1. The number of halogens is 1. The van der Waals surface area contributed by atoms with Crippen molar-refractivity contribution >= 4 is 28.3 Å². The fourth-order valence-corrected chi connectivity index (χ4v) is 1.14. The Kier molecular flexibility index (Phi) is 1.66. The van der Waals surface area contributed by atoms with Crippen LogP contribution in [0.1, 0.15) is 0 Å². The number of nitrogens with one attached hydrogen (secondary N) is 1. The van der Waals surface area contributed by atoms with Gasteiger partial charge in [0, 0.05) is 6.07 Å². The highest BCUT2D eigenvalue weighted by molar-refractivity contribution is 6.29. The Hall–Kier alpha value is -1.62. The van der Waals surface area contributed by atoms with Gasteiger partial charge in [0.1, 0.15) is 5.52 Å². The summed E-state index contributed by atoms with van der Waals surface area (Å²) in [5.41, 5.74) is 6.19. The van der Waals surface area contributed by atoms with E-state index in [9.17, 15) is 4.79 Å². The van der Waals surface area contributed by atoms with Crippen molar-refractivity contribution in [2.75, 3.05) is 5.73 Å². The van der Waals surface area contributed by atoms with E-state index in [4.69, 9.17) is 17.3 Å². The first kappa shape index (κ1) is 8.00. The van der Waals surface area contributed by atoms with Crippen LogP contribution in [0.2, 0.25) is 5.15 Å². The van der Waals surface area contributed by atoms with Crippen molar-refractivity contribution in [3.05, 3.63) is 27.6 Å². The minimum atomic E-state index is -0.350. The van der Waals surface area contributed by atoms with E-state index < -0.39 is 0 Å². The van der Waals surface area contributed by atoms with E-state index in [1.807, 2.05) is 0 Å². The van der Waals surface area contributed by atoms with E-state index >= 15 is 0 Å². The minimum absolute atomic E-state index is 0.115. The van der Waals surface area contributed by atoms with Gasteiger partial charge in [-0.2, -0.15) is 0 Å². The zero-order chi connectivity index (χ0) is 9.42. The number of pyridine rings is 1. The second-order valence-electron chi connectivity index (χ2n) is 2.52. The number of nitrogens with zero attached hydrogens (tertiary/aromatic N) is 2. The summed E-state index contributed by atoms with van der Waals surface area (Å²) in [6, 6.07) is 2.97. The highest BCUT2D eigenvalue weighted by Crippen LogP contribution is 2.11. The summed E-state index contributed by atoms with van der Waals surface area (Å²) in [5.74, 6) is 0. The molecule has 0 aliphatic heterocycles. The van der Waals surface area contributed by atoms with E-state index in [0.29, 0.717) is 11.0 Å². The number of hydrogen-bond acceptors (Lipinski definition) is 4. The number of nitrogen functional groups attached to an aromatic ring is 1. The molecule has 0 saturated heterocycles. The van der Waals surface area contributed by atoms with Crippen LogP contribution in [0.5, 0.6) is 0 Å². The first-order valence-electron chi connectivity index (χ1n) is 3.48. The lowest BCUT2D eigenvalue weighted by Crippen LogP contribution is -2.11. The normalized spacial score (nSPS) is 10.5. The number of anilines is 1. The summed E-state index contributed by atoms with van der Waals surface area (Å²) in [6.07, 6.45) is 0. The van der Waals surface area contributed by atoms with Gasteiger partial charge in [-0.15, -0.1) is 10.2 Å². The molecule has 0 unspecified atom stereocenters. The highest BCUT2D eigenvalue weighted by Gasteiger charge is 2.01. The maximum atomic E-state index is 11.1. The van der Waals surface area contributed by atoms with Crippen molar-refractivity contribution in [1.29, 1.82) is 0 Å². The van der Waals surface area contributed by atoms with Crippen LogP contribution in [0.25, 0.3) is 11.0 Å². The molecule has 0 amide bonds. The zero-order valence-corrected chi connectivity index (χ0v) is 7.17. The van der Waals surface area contributed by atoms with E-state index in [2.05, 4.69) is 15.2 Å². The number of hydrogen-bond donors (Lipinski definition) is 2. The van der Waals surface area contributed by atoms with Gasteiger partial charge in [0.15, 0.2) is 5.15 Å². The Morgan fingerprint density at radius 3 is 2.92 bits per heavy atom. The summed E-state index contributed by atoms with van der Waals surface area (Å²) >= 11 is 5.58. The largest absolute Gasteiger partial charge is 0.394 e. The number of H-pyrrole nitrogens is 1. The van der Waals surface area contributed by atoms with Gasteiger partial charge in [0.05, 0.1) is 11.2 Å². The quantitative estimate of drug-likeness (QED) is 0.645. The predicted molar refractivity (Wildman–Crippen MR) is 49.6 cm³/mol. The van der Waals surface area contributed by atoms with E-state index in [0.717, 1.165) is 0 Å². The lowest BCUT2D eigenvalue weighted by Gasteiger charge is -1.97. The van der Waals surface area contributed by atoms with Gasteiger partial charge in [-0.25, -0.2) is 0 Å². The van der Waals surface area contributed by atoms with Gasteiger partial charge >= 0.3 is 0 Å². The molecule has 0 aliphatic rings. The van der Waals surface area contributed by atoms with Gasteiger partial charge in [-0.1, -0.05) is 11.6 Å². The molecular formula is C7H5ClN4O. The minimum Gasteiger partial charge on any atom is -0.394 e. The van der Waals surface area contributed by atoms with Crippen LogP contribution in [0.4, 0.5) is 5.69 Å². The van der Waals surface area contributed by atoms with Crippen LogP contribution in [0.3, 0.4) is 0 Å². The maximum Gasteiger partial charge on any atom is 0.271 e. The summed E-state index contributed by atoms with van der Waals surface area (Å²) in [6.45, 7) is 0. The van der Waals surface area contributed by atoms with E-state index in [1.165, 1.54) is 12.1 Å². The summed E-state index contributed by atoms with van der Waals surface area (Å²) in [7, 11) is 0. The van der Waals surface area contributed by atoms with Crippen molar-refractivity contribution in [3.63, 3.8) is 0 Å². The Balaban J connectivity index is 2.89. The standard InChI is InChI=1S/C7H5ClN4O/c8-6-2-4-5(11-12-6)1-3(9)7(13)10-4/h1-2H,9H2,(H,10,13). The van der Waals surface area contributed by atoms with Gasteiger partial charge in [0.25, 0.3) is 5.56 Å². The van der Waals surface area contributed by atoms with Crippen molar-refractivity contribution in [2.45, 2.75) is 0 Å². The van der Waals surface area contributed by atoms with Gasteiger partial charge in [-0.3, -0.25) is 4.79 Å². The molecular weight excluding hydrogens is 192 g/mol. The van der Waals surface area contributed by atoms with Crippen LogP contribution in [-0.4, -0.2) is 15.2 Å². The Morgan fingerprint density at radius 1 is 1.38 bits per heavy atom. The van der Waals surface area contributed by atoms with E-state index in [1.54, 1.807) is 0 Å². The molecule has 0 fully saturated rings. The second-order valence-corrected chi connectivity index (χ2v) is 2.91. The summed E-state index contributed by atoms with van der Waals surface area (Å²) in [5, 5.41) is 7.60. The molecule has 3 N–H and O–H groups in total. The van der Waals surface area contributed by atoms with Gasteiger partial charge < -0.3 is 10.7 Å². The molecule has 0 radical (unpaired) electrons. The molecule has 0 aromatic carbocycles. The molecule has 2 aromatic heterocycles. The number of aromatic nitrogens is 3. The summed E-state index contributed by atoms with van der Waals surface area (Å²) < 4.78 is 0. The molecule has 2 rings (SSSR count). The second kappa shape index (κ2) is 2.70. The lowest BCUT2D eigenvalue weighted by atomic mass is 10.3. The fourth-order valence-electron chi connectivity index (χ4n) is 0.991. The van der Waals surface area contributed by atoms with Crippen molar-refractivity contribution in [3.8, 4) is 0 Å². The van der Waals surface area contributed by atoms with Crippen molar-refractivity contribution in [2.24, 2.45) is 0 Å². The third kappa shape index (κ3) is 1.33. The van der Waals surface area contributed by atoms with Crippen molar-refractivity contribution < 1.29 is 0 Å². The molecule has 2 heterocycles. The van der Waals surface area contributed by atoms with Crippen LogP contribution in [-0.2, 0) is 0 Å². The molecule has 6 heteroatoms.